The highest BCUT2D eigenvalue weighted by Gasteiger charge is 2.15. The van der Waals surface area contributed by atoms with Crippen molar-refractivity contribution in [2.45, 2.75) is 12.8 Å². The van der Waals surface area contributed by atoms with E-state index in [0.29, 0.717) is 0 Å². The molecule has 1 aromatic heterocycles. The lowest BCUT2D eigenvalue weighted by Crippen LogP contribution is -2.09. The first kappa shape index (κ1) is 12.5. The van der Waals surface area contributed by atoms with Gasteiger partial charge < -0.3 is 10.5 Å². The lowest BCUT2D eigenvalue weighted by Gasteiger charge is -2.19. The van der Waals surface area contributed by atoms with E-state index in [1.165, 1.54) is 12.6 Å². The van der Waals surface area contributed by atoms with Crippen LogP contribution in [0.25, 0.3) is 11.3 Å². The zero-order valence-electron chi connectivity index (χ0n) is 10.5. The summed E-state index contributed by atoms with van der Waals surface area (Å²) in [4.78, 5) is 8.20. The lowest BCUT2D eigenvalue weighted by molar-refractivity contribution is 0.289. The molecular formula is C14H17N3O. The van der Waals surface area contributed by atoms with E-state index in [2.05, 4.69) is 27.8 Å². The number of aromatic nitrogens is 2. The van der Waals surface area contributed by atoms with Gasteiger partial charge in [0.2, 0.25) is 0 Å². The average molecular weight is 243 g/mol. The molecule has 0 radical (unpaired) electrons. The van der Waals surface area contributed by atoms with Crippen molar-refractivity contribution >= 4 is 0 Å². The Bertz CT molecular complexity index is 500. The third-order valence-corrected chi connectivity index (χ3v) is 2.79. The van der Waals surface area contributed by atoms with Gasteiger partial charge in [-0.05, 0) is 37.6 Å². The SMILES string of the molecule is CN.c1cc2c(c(-c3ccncn3)c1)OCCC2. The number of hydrogen-bond acceptors (Lipinski definition) is 4. The van der Waals surface area contributed by atoms with Crippen LogP contribution in [0.4, 0.5) is 0 Å². The summed E-state index contributed by atoms with van der Waals surface area (Å²) >= 11 is 0. The van der Waals surface area contributed by atoms with Crippen LogP contribution in [0.1, 0.15) is 12.0 Å². The van der Waals surface area contributed by atoms with Gasteiger partial charge in [0.1, 0.15) is 12.1 Å². The molecule has 4 nitrogen and oxygen atoms in total. The molecule has 18 heavy (non-hydrogen) atoms. The Morgan fingerprint density at radius 2 is 2.11 bits per heavy atom. The summed E-state index contributed by atoms with van der Waals surface area (Å²) in [5.41, 5.74) is 7.77. The van der Waals surface area contributed by atoms with E-state index in [-0.39, 0.29) is 0 Å². The van der Waals surface area contributed by atoms with E-state index in [0.717, 1.165) is 36.5 Å². The molecule has 0 saturated carbocycles. The van der Waals surface area contributed by atoms with E-state index >= 15 is 0 Å². The second-order valence-corrected chi connectivity index (χ2v) is 3.84. The Morgan fingerprint density at radius 3 is 2.89 bits per heavy atom. The van der Waals surface area contributed by atoms with Gasteiger partial charge >= 0.3 is 0 Å². The number of benzene rings is 1. The van der Waals surface area contributed by atoms with Crippen molar-refractivity contribution in [1.82, 2.24) is 9.97 Å². The fourth-order valence-corrected chi connectivity index (χ4v) is 2.04. The maximum atomic E-state index is 5.75. The fourth-order valence-electron chi connectivity index (χ4n) is 2.04. The summed E-state index contributed by atoms with van der Waals surface area (Å²) < 4.78 is 5.75. The summed E-state index contributed by atoms with van der Waals surface area (Å²) in [6, 6.07) is 8.14. The molecule has 0 aliphatic carbocycles. The second kappa shape index (κ2) is 6.12. The summed E-state index contributed by atoms with van der Waals surface area (Å²) in [6.45, 7) is 0.801. The first-order valence-electron chi connectivity index (χ1n) is 6.04. The topological polar surface area (TPSA) is 61.0 Å². The van der Waals surface area contributed by atoms with Crippen LogP contribution in [0, 0.1) is 0 Å². The molecule has 0 fully saturated rings. The van der Waals surface area contributed by atoms with Crippen LogP contribution in [0.3, 0.4) is 0 Å². The molecule has 0 amide bonds. The van der Waals surface area contributed by atoms with Crippen molar-refractivity contribution < 1.29 is 4.74 Å². The van der Waals surface area contributed by atoms with Crippen LogP contribution in [-0.2, 0) is 6.42 Å². The Morgan fingerprint density at radius 1 is 1.22 bits per heavy atom. The molecule has 4 heteroatoms. The van der Waals surface area contributed by atoms with Crippen molar-refractivity contribution in [3.8, 4) is 17.0 Å². The maximum absolute atomic E-state index is 5.75. The normalized spacial score (nSPS) is 12.8. The molecular weight excluding hydrogens is 226 g/mol. The van der Waals surface area contributed by atoms with E-state index in [4.69, 9.17) is 4.74 Å². The number of nitrogens with zero attached hydrogens (tertiary/aromatic N) is 2. The predicted molar refractivity (Wildman–Crippen MR) is 71.4 cm³/mol. The molecule has 1 aliphatic rings. The minimum atomic E-state index is 0.801. The number of fused-ring (bicyclic) bond motifs is 1. The van der Waals surface area contributed by atoms with Crippen LogP contribution in [0.2, 0.25) is 0 Å². The number of hydrogen-bond donors (Lipinski definition) is 1. The minimum Gasteiger partial charge on any atom is -0.493 e. The molecule has 0 spiro atoms. The van der Waals surface area contributed by atoms with Crippen molar-refractivity contribution in [1.29, 1.82) is 0 Å². The zero-order chi connectivity index (χ0) is 12.8. The third kappa shape index (κ3) is 2.49. The summed E-state index contributed by atoms with van der Waals surface area (Å²) in [6.07, 6.45) is 5.51. The summed E-state index contributed by atoms with van der Waals surface area (Å²) in [5.74, 6) is 0.993. The molecule has 0 unspecified atom stereocenters. The van der Waals surface area contributed by atoms with Gasteiger partial charge in [-0.2, -0.15) is 0 Å². The zero-order valence-corrected chi connectivity index (χ0v) is 10.5. The van der Waals surface area contributed by atoms with Gasteiger partial charge in [0.05, 0.1) is 12.3 Å². The average Bonchev–Trinajstić information content (AvgIpc) is 2.50. The minimum absolute atomic E-state index is 0.801. The van der Waals surface area contributed by atoms with Crippen LogP contribution < -0.4 is 10.5 Å². The molecule has 2 N–H and O–H groups in total. The lowest BCUT2D eigenvalue weighted by atomic mass is 10.0. The smallest absolute Gasteiger partial charge is 0.131 e. The first-order chi connectivity index (χ1) is 8.95. The summed E-state index contributed by atoms with van der Waals surface area (Å²) in [5, 5.41) is 0. The quantitative estimate of drug-likeness (QED) is 0.832. The highest BCUT2D eigenvalue weighted by atomic mass is 16.5. The monoisotopic (exact) mass is 243 g/mol. The second-order valence-electron chi connectivity index (χ2n) is 3.84. The van der Waals surface area contributed by atoms with Crippen LogP contribution >= 0.6 is 0 Å². The van der Waals surface area contributed by atoms with E-state index in [1.54, 1.807) is 12.5 Å². The molecule has 0 saturated heterocycles. The van der Waals surface area contributed by atoms with Crippen molar-refractivity contribution in [2.24, 2.45) is 5.73 Å². The van der Waals surface area contributed by atoms with Gasteiger partial charge in [0, 0.05) is 11.8 Å². The fraction of sp³-hybridized carbons (Fsp3) is 0.286. The van der Waals surface area contributed by atoms with Gasteiger partial charge in [-0.3, -0.25) is 0 Å². The van der Waals surface area contributed by atoms with Gasteiger partial charge in [0.25, 0.3) is 0 Å². The van der Waals surface area contributed by atoms with Gasteiger partial charge in [-0.15, -0.1) is 0 Å². The van der Waals surface area contributed by atoms with Crippen LogP contribution in [0.5, 0.6) is 5.75 Å². The van der Waals surface area contributed by atoms with E-state index in [9.17, 15) is 0 Å². The maximum Gasteiger partial charge on any atom is 0.131 e. The third-order valence-electron chi connectivity index (χ3n) is 2.79. The Hall–Kier alpha value is -1.94. The Labute approximate surface area is 107 Å². The van der Waals surface area contributed by atoms with Crippen molar-refractivity contribution in [3.05, 3.63) is 42.4 Å². The predicted octanol–water partition coefficient (Wildman–Crippen LogP) is 2.04. The van der Waals surface area contributed by atoms with Gasteiger partial charge in [-0.25, -0.2) is 9.97 Å². The summed E-state index contributed by atoms with van der Waals surface area (Å²) in [7, 11) is 1.50. The molecule has 2 heterocycles. The molecule has 1 aromatic carbocycles. The molecule has 0 atom stereocenters. The van der Waals surface area contributed by atoms with Crippen LogP contribution in [-0.4, -0.2) is 23.6 Å². The van der Waals surface area contributed by atoms with Crippen LogP contribution in [0.15, 0.2) is 36.8 Å². The highest BCUT2D eigenvalue weighted by molar-refractivity contribution is 5.69. The molecule has 0 bridgehead atoms. The first-order valence-corrected chi connectivity index (χ1v) is 6.04. The Kier molecular flexibility index (Phi) is 4.25. The molecule has 1 aliphatic heterocycles. The molecule has 94 valence electrons. The largest absolute Gasteiger partial charge is 0.493 e. The van der Waals surface area contributed by atoms with Gasteiger partial charge in [-0.1, -0.05) is 12.1 Å². The highest BCUT2D eigenvalue weighted by Crippen LogP contribution is 2.34. The Balaban J connectivity index is 0.000000574. The van der Waals surface area contributed by atoms with E-state index in [1.807, 2.05) is 12.1 Å². The van der Waals surface area contributed by atoms with Crippen molar-refractivity contribution in [2.75, 3.05) is 13.7 Å². The number of rotatable bonds is 1. The molecule has 2 aromatic rings. The number of ether oxygens (including phenoxy) is 1. The van der Waals surface area contributed by atoms with E-state index < -0.39 is 0 Å². The molecule has 3 rings (SSSR count). The van der Waals surface area contributed by atoms with Crippen molar-refractivity contribution in [3.63, 3.8) is 0 Å². The van der Waals surface area contributed by atoms with Gasteiger partial charge in [0.15, 0.2) is 0 Å². The standard InChI is InChI=1S/C13H12N2O.CH5N/c1-3-10-4-2-8-16-13(10)11(5-1)12-6-7-14-9-15-12;1-2/h1,3,5-7,9H,2,4,8H2;2H2,1H3. The number of nitrogens with two attached hydrogens (primary N) is 1. The number of aryl methyl sites for hydroxylation is 1. The number of para-hydroxylation sites is 1.